The van der Waals surface area contributed by atoms with Crippen molar-refractivity contribution in [2.75, 3.05) is 13.7 Å². The van der Waals surface area contributed by atoms with Crippen LogP contribution >= 0.6 is 0 Å². The Morgan fingerprint density at radius 2 is 2.05 bits per heavy atom. The molecule has 5 nitrogen and oxygen atoms in total. The second-order valence-corrected chi connectivity index (χ2v) is 4.19. The highest BCUT2D eigenvalue weighted by Crippen LogP contribution is 2.21. The number of esters is 1. The van der Waals surface area contributed by atoms with Gasteiger partial charge in [0, 0.05) is 6.42 Å². The molecular weight excluding hydrogens is 246 g/mol. The predicted octanol–water partition coefficient (Wildman–Crippen LogP) is 1.47. The van der Waals surface area contributed by atoms with Gasteiger partial charge in [0.15, 0.2) is 5.78 Å². The Morgan fingerprint density at radius 3 is 2.63 bits per heavy atom. The van der Waals surface area contributed by atoms with Crippen LogP contribution in [0.25, 0.3) is 0 Å². The number of hydrogen-bond acceptors (Lipinski definition) is 5. The molecule has 0 amide bonds. The van der Waals surface area contributed by atoms with E-state index in [1.54, 1.807) is 19.1 Å². The van der Waals surface area contributed by atoms with E-state index >= 15 is 0 Å². The van der Waals surface area contributed by atoms with E-state index < -0.39 is 12.0 Å². The highest BCUT2D eigenvalue weighted by atomic mass is 16.5. The molecule has 0 saturated carbocycles. The number of carbonyl (C=O) groups is 2. The van der Waals surface area contributed by atoms with Crippen LogP contribution in [0.4, 0.5) is 0 Å². The number of benzene rings is 1. The molecule has 104 valence electrons. The third-order valence-corrected chi connectivity index (χ3v) is 2.65. The molecule has 1 unspecified atom stereocenters. The predicted molar refractivity (Wildman–Crippen MR) is 71.3 cm³/mol. The summed E-state index contributed by atoms with van der Waals surface area (Å²) in [7, 11) is 1.50. The fourth-order valence-electron chi connectivity index (χ4n) is 1.67. The Labute approximate surface area is 112 Å². The Morgan fingerprint density at radius 1 is 1.37 bits per heavy atom. The lowest BCUT2D eigenvalue weighted by Crippen LogP contribution is -2.34. The van der Waals surface area contributed by atoms with Gasteiger partial charge in [0.2, 0.25) is 0 Å². The molecule has 1 aromatic carbocycles. The number of carbonyl (C=O) groups excluding carboxylic acids is 2. The van der Waals surface area contributed by atoms with Crippen LogP contribution in [0, 0.1) is 6.92 Å². The van der Waals surface area contributed by atoms with Crippen molar-refractivity contribution < 1.29 is 19.1 Å². The second-order valence-electron chi connectivity index (χ2n) is 4.19. The van der Waals surface area contributed by atoms with Crippen LogP contribution in [0.15, 0.2) is 18.2 Å². The zero-order valence-corrected chi connectivity index (χ0v) is 11.4. The zero-order chi connectivity index (χ0) is 14.4. The molecule has 2 N–H and O–H groups in total. The van der Waals surface area contributed by atoms with Crippen molar-refractivity contribution in [1.82, 2.24) is 0 Å². The van der Waals surface area contributed by atoms with Crippen molar-refractivity contribution in [2.24, 2.45) is 5.73 Å². The van der Waals surface area contributed by atoms with Gasteiger partial charge in [-0.05, 0) is 31.5 Å². The third kappa shape index (κ3) is 4.06. The normalized spacial score (nSPS) is 11.8. The average molecular weight is 265 g/mol. The number of methoxy groups -OCH3 is 1. The summed E-state index contributed by atoms with van der Waals surface area (Å²) in [5.41, 5.74) is 7.04. The smallest absolute Gasteiger partial charge is 0.323 e. The van der Waals surface area contributed by atoms with Gasteiger partial charge in [-0.15, -0.1) is 0 Å². The van der Waals surface area contributed by atoms with E-state index in [9.17, 15) is 9.59 Å². The van der Waals surface area contributed by atoms with Crippen molar-refractivity contribution >= 4 is 11.8 Å². The van der Waals surface area contributed by atoms with Gasteiger partial charge in [-0.2, -0.15) is 0 Å². The molecule has 0 spiro atoms. The summed E-state index contributed by atoms with van der Waals surface area (Å²) in [6.07, 6.45) is -0.0990. The number of aryl methyl sites for hydroxylation is 1. The van der Waals surface area contributed by atoms with Crippen LogP contribution in [0.3, 0.4) is 0 Å². The molecule has 19 heavy (non-hydrogen) atoms. The van der Waals surface area contributed by atoms with Gasteiger partial charge in [0.25, 0.3) is 0 Å². The first kappa shape index (κ1) is 15.2. The maximum absolute atomic E-state index is 12.1. The molecule has 1 rings (SSSR count). The minimum Gasteiger partial charge on any atom is -0.496 e. The number of nitrogens with two attached hydrogens (primary N) is 1. The summed E-state index contributed by atoms with van der Waals surface area (Å²) in [5.74, 6) is -0.319. The minimum atomic E-state index is -0.946. The number of ketones is 1. The highest BCUT2D eigenvalue weighted by molar-refractivity contribution is 6.01. The first-order chi connectivity index (χ1) is 8.99. The van der Waals surface area contributed by atoms with Gasteiger partial charge in [-0.3, -0.25) is 9.59 Å². The van der Waals surface area contributed by atoms with Crippen LogP contribution in [-0.4, -0.2) is 31.5 Å². The van der Waals surface area contributed by atoms with Gasteiger partial charge < -0.3 is 15.2 Å². The summed E-state index contributed by atoms with van der Waals surface area (Å²) in [6, 6.07) is 4.31. The minimum absolute atomic E-state index is 0.0990. The van der Waals surface area contributed by atoms with Crippen LogP contribution in [0.2, 0.25) is 0 Å². The maximum atomic E-state index is 12.1. The summed E-state index contributed by atoms with van der Waals surface area (Å²) in [4.78, 5) is 23.5. The lowest BCUT2D eigenvalue weighted by atomic mass is 10.0. The van der Waals surface area contributed by atoms with E-state index in [4.69, 9.17) is 15.2 Å². The lowest BCUT2D eigenvalue weighted by Gasteiger charge is -2.12. The van der Waals surface area contributed by atoms with Crippen molar-refractivity contribution in [2.45, 2.75) is 26.3 Å². The molecule has 0 aliphatic carbocycles. The number of rotatable bonds is 6. The zero-order valence-electron chi connectivity index (χ0n) is 11.4. The molecule has 5 heteroatoms. The number of hydrogen-bond donors (Lipinski definition) is 1. The van der Waals surface area contributed by atoms with E-state index in [1.807, 2.05) is 13.0 Å². The van der Waals surface area contributed by atoms with Gasteiger partial charge >= 0.3 is 5.97 Å². The van der Waals surface area contributed by atoms with Crippen LogP contribution in [0.5, 0.6) is 5.75 Å². The van der Waals surface area contributed by atoms with Crippen LogP contribution in [0.1, 0.15) is 29.3 Å². The van der Waals surface area contributed by atoms with Gasteiger partial charge in [0.05, 0.1) is 19.3 Å². The SMILES string of the molecule is CCOC(=O)C(N)CC(=O)c1ccc(C)cc1OC. The van der Waals surface area contributed by atoms with Crippen molar-refractivity contribution in [3.8, 4) is 5.75 Å². The fourth-order valence-corrected chi connectivity index (χ4v) is 1.67. The van der Waals surface area contributed by atoms with Crippen LogP contribution < -0.4 is 10.5 Å². The molecule has 1 atom stereocenters. The van der Waals surface area contributed by atoms with Gasteiger partial charge in [-0.25, -0.2) is 0 Å². The van der Waals surface area contributed by atoms with E-state index in [1.165, 1.54) is 7.11 Å². The standard InChI is InChI=1S/C14H19NO4/c1-4-19-14(17)11(15)8-12(16)10-6-5-9(2)7-13(10)18-3/h5-7,11H,4,8,15H2,1-3H3. The van der Waals surface area contributed by atoms with Crippen molar-refractivity contribution in [1.29, 1.82) is 0 Å². The quantitative estimate of drug-likeness (QED) is 0.622. The molecule has 0 aliphatic heterocycles. The van der Waals surface area contributed by atoms with Crippen molar-refractivity contribution in [3.05, 3.63) is 29.3 Å². The lowest BCUT2D eigenvalue weighted by molar-refractivity contribution is -0.144. The van der Waals surface area contributed by atoms with Crippen LogP contribution in [-0.2, 0) is 9.53 Å². The highest BCUT2D eigenvalue weighted by Gasteiger charge is 2.21. The van der Waals surface area contributed by atoms with E-state index in [0.717, 1.165) is 5.56 Å². The molecule has 0 bridgehead atoms. The Hall–Kier alpha value is -1.88. The van der Waals surface area contributed by atoms with E-state index in [-0.39, 0.29) is 18.8 Å². The summed E-state index contributed by atoms with van der Waals surface area (Å²) >= 11 is 0. The Kier molecular flexibility index (Phi) is 5.51. The topological polar surface area (TPSA) is 78.6 Å². The maximum Gasteiger partial charge on any atom is 0.323 e. The molecule has 0 aliphatic rings. The molecule has 1 aromatic rings. The van der Waals surface area contributed by atoms with Crippen molar-refractivity contribution in [3.63, 3.8) is 0 Å². The first-order valence-electron chi connectivity index (χ1n) is 6.09. The Balaban J connectivity index is 2.81. The first-order valence-corrected chi connectivity index (χ1v) is 6.09. The Bertz CT molecular complexity index is 471. The number of ether oxygens (including phenoxy) is 2. The summed E-state index contributed by atoms with van der Waals surface area (Å²) in [6.45, 7) is 3.84. The summed E-state index contributed by atoms with van der Waals surface area (Å²) in [5, 5.41) is 0. The van der Waals surface area contributed by atoms with Gasteiger partial charge in [0.1, 0.15) is 11.8 Å². The molecule has 0 saturated heterocycles. The second kappa shape index (κ2) is 6.89. The molecular formula is C14H19NO4. The molecule has 0 heterocycles. The molecule has 0 fully saturated rings. The molecule has 0 radical (unpaired) electrons. The average Bonchev–Trinajstić information content (AvgIpc) is 2.38. The largest absolute Gasteiger partial charge is 0.496 e. The van der Waals surface area contributed by atoms with E-state index in [0.29, 0.717) is 11.3 Å². The third-order valence-electron chi connectivity index (χ3n) is 2.65. The molecule has 0 aromatic heterocycles. The fraction of sp³-hybridized carbons (Fsp3) is 0.429. The monoisotopic (exact) mass is 265 g/mol. The van der Waals surface area contributed by atoms with Gasteiger partial charge in [-0.1, -0.05) is 6.07 Å². The number of Topliss-reactive ketones (excluding diaryl/α,β-unsaturated/α-hetero) is 1. The summed E-state index contributed by atoms with van der Waals surface area (Å²) < 4.78 is 9.93. The van der Waals surface area contributed by atoms with E-state index in [2.05, 4.69) is 0 Å².